The maximum atomic E-state index is 12.4. The Balaban J connectivity index is 1.77. The largest absolute Gasteiger partial charge is 0.382 e. The molecular formula is C17H15BrN6O2. The van der Waals surface area contributed by atoms with Gasteiger partial charge in [-0.1, -0.05) is 27.2 Å². The number of nitrogen functional groups attached to an aromatic ring is 1. The number of aromatic nitrogens is 3. The average molecular weight is 415 g/mol. The first-order valence-corrected chi connectivity index (χ1v) is 8.39. The maximum Gasteiger partial charge on any atom is 0.280 e. The average Bonchev–Trinajstić information content (AvgIpc) is 2.98. The first kappa shape index (κ1) is 17.6. The number of nitrogens with zero attached hydrogens (tertiary/aromatic N) is 3. The van der Waals surface area contributed by atoms with Crippen LogP contribution in [0, 0.1) is 0 Å². The summed E-state index contributed by atoms with van der Waals surface area (Å²) in [7, 11) is 0. The molecule has 9 heteroatoms. The number of anilines is 3. The molecule has 132 valence electrons. The molecule has 26 heavy (non-hydrogen) atoms. The van der Waals surface area contributed by atoms with E-state index in [2.05, 4.69) is 36.9 Å². The van der Waals surface area contributed by atoms with Crippen molar-refractivity contribution in [1.29, 1.82) is 0 Å². The molecule has 0 saturated heterocycles. The predicted octanol–water partition coefficient (Wildman–Crippen LogP) is 2.82. The molecule has 1 heterocycles. The summed E-state index contributed by atoms with van der Waals surface area (Å²) in [6.07, 6.45) is 0. The summed E-state index contributed by atoms with van der Waals surface area (Å²) in [5, 5.41) is 13.2. The molecule has 0 bridgehead atoms. The molecule has 0 unspecified atom stereocenters. The summed E-state index contributed by atoms with van der Waals surface area (Å²) < 4.78 is 2.25. The van der Waals surface area contributed by atoms with Crippen molar-refractivity contribution < 1.29 is 9.59 Å². The van der Waals surface area contributed by atoms with E-state index in [0.29, 0.717) is 17.1 Å². The van der Waals surface area contributed by atoms with Crippen LogP contribution in [0.3, 0.4) is 0 Å². The molecule has 0 aliphatic rings. The van der Waals surface area contributed by atoms with Crippen molar-refractivity contribution in [1.82, 2.24) is 15.0 Å². The minimum absolute atomic E-state index is 0.0240. The van der Waals surface area contributed by atoms with Gasteiger partial charge in [0.2, 0.25) is 5.91 Å². The van der Waals surface area contributed by atoms with Crippen LogP contribution in [0.15, 0.2) is 53.0 Å². The van der Waals surface area contributed by atoms with Crippen molar-refractivity contribution in [2.45, 2.75) is 6.92 Å². The van der Waals surface area contributed by atoms with E-state index >= 15 is 0 Å². The fraction of sp³-hybridized carbons (Fsp3) is 0.0588. The van der Waals surface area contributed by atoms with Crippen LogP contribution in [0.1, 0.15) is 17.4 Å². The van der Waals surface area contributed by atoms with E-state index in [1.807, 2.05) is 18.2 Å². The molecule has 2 amide bonds. The van der Waals surface area contributed by atoms with Crippen LogP contribution in [0.5, 0.6) is 0 Å². The monoisotopic (exact) mass is 414 g/mol. The topological polar surface area (TPSA) is 115 Å². The molecule has 0 spiro atoms. The standard InChI is InChI=1S/C17H15BrN6O2/c1-10(25)20-12-5-7-13(8-6-12)21-17(26)15-16(19)24(23-22-15)14-4-2-3-11(18)9-14/h2-9H,19H2,1H3,(H,20,25)(H,21,26). The number of carbonyl (C=O) groups excluding carboxylic acids is 2. The van der Waals surface area contributed by atoms with Crippen molar-refractivity contribution in [3.63, 3.8) is 0 Å². The van der Waals surface area contributed by atoms with Crippen molar-refractivity contribution in [3.8, 4) is 5.69 Å². The Labute approximate surface area is 157 Å². The fourth-order valence-electron chi connectivity index (χ4n) is 2.28. The summed E-state index contributed by atoms with van der Waals surface area (Å²) in [6.45, 7) is 1.42. The lowest BCUT2D eigenvalue weighted by atomic mass is 10.2. The van der Waals surface area contributed by atoms with E-state index in [4.69, 9.17) is 5.73 Å². The molecule has 3 rings (SSSR count). The van der Waals surface area contributed by atoms with Gasteiger partial charge in [-0.3, -0.25) is 9.59 Å². The molecular weight excluding hydrogens is 400 g/mol. The number of nitrogens with two attached hydrogens (primary N) is 1. The zero-order chi connectivity index (χ0) is 18.7. The SMILES string of the molecule is CC(=O)Nc1ccc(NC(=O)c2nnn(-c3cccc(Br)c3)c2N)cc1. The molecule has 0 radical (unpaired) electrons. The highest BCUT2D eigenvalue weighted by molar-refractivity contribution is 9.10. The van der Waals surface area contributed by atoms with Gasteiger partial charge >= 0.3 is 0 Å². The van der Waals surface area contributed by atoms with E-state index in [0.717, 1.165) is 4.47 Å². The maximum absolute atomic E-state index is 12.4. The first-order valence-electron chi connectivity index (χ1n) is 7.60. The molecule has 1 aromatic heterocycles. The highest BCUT2D eigenvalue weighted by Gasteiger charge is 2.18. The Kier molecular flexibility index (Phi) is 4.99. The Morgan fingerprint density at radius 1 is 1.08 bits per heavy atom. The lowest BCUT2D eigenvalue weighted by Crippen LogP contribution is -2.15. The lowest BCUT2D eigenvalue weighted by Gasteiger charge is -2.06. The highest BCUT2D eigenvalue weighted by Crippen LogP contribution is 2.20. The van der Waals surface area contributed by atoms with Gasteiger partial charge < -0.3 is 16.4 Å². The third kappa shape index (κ3) is 3.89. The van der Waals surface area contributed by atoms with Gasteiger partial charge in [0, 0.05) is 22.8 Å². The van der Waals surface area contributed by atoms with Gasteiger partial charge in [-0.2, -0.15) is 4.68 Å². The van der Waals surface area contributed by atoms with Gasteiger partial charge in [0.15, 0.2) is 11.5 Å². The summed E-state index contributed by atoms with van der Waals surface area (Å²) in [5.41, 5.74) is 7.92. The van der Waals surface area contributed by atoms with Crippen LogP contribution >= 0.6 is 15.9 Å². The predicted molar refractivity (Wildman–Crippen MR) is 102 cm³/mol. The minimum atomic E-state index is -0.476. The number of rotatable bonds is 4. The van der Waals surface area contributed by atoms with E-state index < -0.39 is 5.91 Å². The van der Waals surface area contributed by atoms with Gasteiger partial charge in [0.1, 0.15) is 0 Å². The van der Waals surface area contributed by atoms with Crippen LogP contribution in [-0.2, 0) is 4.79 Å². The van der Waals surface area contributed by atoms with E-state index in [1.165, 1.54) is 11.6 Å². The normalized spacial score (nSPS) is 10.4. The summed E-state index contributed by atoms with van der Waals surface area (Å²) in [4.78, 5) is 23.4. The lowest BCUT2D eigenvalue weighted by molar-refractivity contribution is -0.114. The highest BCUT2D eigenvalue weighted by atomic mass is 79.9. The van der Waals surface area contributed by atoms with Crippen molar-refractivity contribution in [2.24, 2.45) is 0 Å². The zero-order valence-corrected chi connectivity index (χ0v) is 15.3. The molecule has 0 aliphatic carbocycles. The Morgan fingerprint density at radius 2 is 1.73 bits per heavy atom. The van der Waals surface area contributed by atoms with Crippen LogP contribution in [0.4, 0.5) is 17.2 Å². The molecule has 2 aromatic carbocycles. The number of nitrogens with one attached hydrogen (secondary N) is 2. The van der Waals surface area contributed by atoms with Crippen molar-refractivity contribution >= 4 is 44.9 Å². The van der Waals surface area contributed by atoms with E-state index in [9.17, 15) is 9.59 Å². The molecule has 0 fully saturated rings. The minimum Gasteiger partial charge on any atom is -0.382 e. The summed E-state index contributed by atoms with van der Waals surface area (Å²) in [5.74, 6) is -0.509. The summed E-state index contributed by atoms with van der Waals surface area (Å²) >= 11 is 3.38. The van der Waals surface area contributed by atoms with Gasteiger partial charge in [0.05, 0.1) is 5.69 Å². The molecule has 0 saturated carbocycles. The number of amides is 2. The van der Waals surface area contributed by atoms with E-state index in [-0.39, 0.29) is 17.4 Å². The number of hydrogen-bond donors (Lipinski definition) is 3. The molecule has 8 nitrogen and oxygen atoms in total. The third-order valence-corrected chi connectivity index (χ3v) is 3.93. The van der Waals surface area contributed by atoms with Crippen LogP contribution < -0.4 is 16.4 Å². The fourth-order valence-corrected chi connectivity index (χ4v) is 2.67. The van der Waals surface area contributed by atoms with Gasteiger partial charge in [-0.25, -0.2) is 0 Å². The second-order valence-electron chi connectivity index (χ2n) is 5.43. The summed E-state index contributed by atoms with van der Waals surface area (Å²) in [6, 6.07) is 14.0. The Morgan fingerprint density at radius 3 is 2.35 bits per heavy atom. The second-order valence-corrected chi connectivity index (χ2v) is 6.34. The van der Waals surface area contributed by atoms with E-state index in [1.54, 1.807) is 30.3 Å². The number of hydrogen-bond acceptors (Lipinski definition) is 5. The van der Waals surface area contributed by atoms with Crippen LogP contribution in [0.2, 0.25) is 0 Å². The van der Waals surface area contributed by atoms with Gasteiger partial charge in [-0.05, 0) is 42.5 Å². The second kappa shape index (κ2) is 7.36. The number of benzene rings is 2. The Hall–Kier alpha value is -3.20. The zero-order valence-electron chi connectivity index (χ0n) is 13.7. The smallest absolute Gasteiger partial charge is 0.280 e. The van der Waals surface area contributed by atoms with Gasteiger partial charge in [-0.15, -0.1) is 5.10 Å². The number of halogens is 1. The molecule has 3 aromatic rings. The van der Waals surface area contributed by atoms with Crippen molar-refractivity contribution in [2.75, 3.05) is 16.4 Å². The first-order chi connectivity index (χ1) is 12.4. The van der Waals surface area contributed by atoms with Crippen LogP contribution in [0.25, 0.3) is 5.69 Å². The number of carbonyl (C=O) groups is 2. The third-order valence-electron chi connectivity index (χ3n) is 3.44. The Bertz CT molecular complexity index is 968. The molecule has 4 N–H and O–H groups in total. The van der Waals surface area contributed by atoms with Crippen molar-refractivity contribution in [3.05, 3.63) is 58.7 Å². The molecule has 0 aliphatic heterocycles. The molecule has 0 atom stereocenters. The van der Waals surface area contributed by atoms with Crippen LogP contribution in [-0.4, -0.2) is 26.8 Å². The van der Waals surface area contributed by atoms with Gasteiger partial charge in [0.25, 0.3) is 5.91 Å². The quantitative estimate of drug-likeness (QED) is 0.606.